The normalized spacial score (nSPS) is 18.9. The first-order valence-corrected chi connectivity index (χ1v) is 2.88. The second-order valence-corrected chi connectivity index (χ2v) is 1.99. The Morgan fingerprint density at radius 3 is 2.30 bits per heavy atom. The summed E-state index contributed by atoms with van der Waals surface area (Å²) >= 11 is 0. The first-order valence-electron chi connectivity index (χ1n) is 2.88. The van der Waals surface area contributed by atoms with Gasteiger partial charge in [-0.3, -0.25) is 0 Å². The van der Waals surface area contributed by atoms with Gasteiger partial charge in [-0.15, -0.1) is 0 Å². The van der Waals surface area contributed by atoms with Crippen LogP contribution in [0.2, 0.25) is 0 Å². The molecule has 0 saturated carbocycles. The Labute approximate surface area is 57.0 Å². The lowest BCUT2D eigenvalue weighted by molar-refractivity contribution is -0.0883. The van der Waals surface area contributed by atoms with E-state index in [0.29, 0.717) is 6.42 Å². The summed E-state index contributed by atoms with van der Waals surface area (Å²) in [4.78, 5) is 0. The average molecular weight is 147 g/mol. The van der Waals surface area contributed by atoms with Crippen LogP contribution in [0.3, 0.4) is 0 Å². The van der Waals surface area contributed by atoms with Crippen LogP contribution < -0.4 is 0 Å². The molecule has 0 amide bonds. The lowest BCUT2D eigenvalue weighted by Gasteiger charge is -2.09. The Bertz CT molecular complexity index is 174. The van der Waals surface area contributed by atoms with Gasteiger partial charge in [-0.2, -0.15) is 13.2 Å². The van der Waals surface area contributed by atoms with Gasteiger partial charge in [0, 0.05) is 0 Å². The van der Waals surface area contributed by atoms with Crippen molar-refractivity contribution in [1.29, 1.82) is 0 Å². The van der Waals surface area contributed by atoms with Crippen molar-refractivity contribution in [3.63, 3.8) is 0 Å². The Morgan fingerprint density at radius 2 is 2.00 bits per heavy atom. The molecule has 0 aliphatic heterocycles. The van der Waals surface area contributed by atoms with Crippen molar-refractivity contribution in [3.8, 4) is 0 Å². The monoisotopic (exact) mass is 147 g/mol. The van der Waals surface area contributed by atoms with Crippen LogP contribution in [-0.4, -0.2) is 6.18 Å². The van der Waals surface area contributed by atoms with Crippen molar-refractivity contribution in [1.82, 2.24) is 0 Å². The molecule has 1 aliphatic carbocycles. The molecular weight excluding hydrogens is 141 g/mol. The van der Waals surface area contributed by atoms with Gasteiger partial charge in [0.2, 0.25) is 0 Å². The first kappa shape index (κ1) is 7.38. The topological polar surface area (TPSA) is 0 Å². The van der Waals surface area contributed by atoms with E-state index in [1.54, 1.807) is 0 Å². The summed E-state index contributed by atoms with van der Waals surface area (Å²) in [7, 11) is 0. The third kappa shape index (κ3) is 1.62. The maximum absolute atomic E-state index is 11.8. The van der Waals surface area contributed by atoms with Gasteiger partial charge in [-0.05, 0) is 12.8 Å². The molecule has 0 aromatic carbocycles. The first-order chi connectivity index (χ1) is 4.61. The number of allylic oxidation sites excluding steroid dienone is 4. The predicted molar refractivity (Wildman–Crippen MR) is 32.2 cm³/mol. The second kappa shape index (κ2) is 2.48. The van der Waals surface area contributed by atoms with Crippen LogP contribution in [0.25, 0.3) is 0 Å². The fourth-order valence-electron chi connectivity index (χ4n) is 0.713. The Morgan fingerprint density at radius 1 is 1.30 bits per heavy atom. The van der Waals surface area contributed by atoms with Gasteiger partial charge in [0.1, 0.15) is 0 Å². The highest BCUT2D eigenvalue weighted by Gasteiger charge is 2.31. The zero-order valence-electron chi connectivity index (χ0n) is 5.15. The molecule has 55 valence electrons. The lowest BCUT2D eigenvalue weighted by atomic mass is 10.1. The predicted octanol–water partition coefficient (Wildman–Crippen LogP) is 2.64. The largest absolute Gasteiger partial charge is 0.416 e. The molecule has 0 nitrogen and oxygen atoms in total. The molecule has 0 unspecified atom stereocenters. The maximum Gasteiger partial charge on any atom is 0.416 e. The summed E-state index contributed by atoms with van der Waals surface area (Å²) in [5.74, 6) is 0. The number of hydrogen-bond donors (Lipinski definition) is 0. The summed E-state index contributed by atoms with van der Waals surface area (Å²) in [6.07, 6.45) is 1.58. The second-order valence-electron chi connectivity index (χ2n) is 1.99. The molecule has 0 fully saturated rings. The van der Waals surface area contributed by atoms with E-state index in [4.69, 9.17) is 0 Å². The molecule has 0 saturated heterocycles. The van der Waals surface area contributed by atoms with Crippen LogP contribution in [0.15, 0.2) is 23.8 Å². The van der Waals surface area contributed by atoms with Gasteiger partial charge in [-0.1, -0.05) is 18.2 Å². The average Bonchev–Trinajstić information content (AvgIpc) is 1.88. The van der Waals surface area contributed by atoms with Crippen molar-refractivity contribution >= 4 is 0 Å². The van der Waals surface area contributed by atoms with Crippen molar-refractivity contribution < 1.29 is 13.2 Å². The fraction of sp³-hybridized carbons (Fsp3) is 0.286. The van der Waals surface area contributed by atoms with Gasteiger partial charge in [0.05, 0.1) is 5.57 Å². The Hall–Kier alpha value is -0.730. The summed E-state index contributed by atoms with van der Waals surface area (Å²) < 4.78 is 35.4. The van der Waals surface area contributed by atoms with E-state index in [2.05, 4.69) is 0 Å². The van der Waals surface area contributed by atoms with Crippen molar-refractivity contribution in [2.24, 2.45) is 0 Å². The zero-order chi connectivity index (χ0) is 7.61. The van der Waals surface area contributed by atoms with Crippen molar-refractivity contribution in [2.45, 2.75) is 12.6 Å². The quantitative estimate of drug-likeness (QED) is 0.494. The van der Waals surface area contributed by atoms with E-state index < -0.39 is 11.7 Å². The maximum atomic E-state index is 11.8. The summed E-state index contributed by atoms with van der Waals surface area (Å²) in [5, 5.41) is 0. The van der Waals surface area contributed by atoms with Crippen LogP contribution in [0.5, 0.6) is 0 Å². The van der Waals surface area contributed by atoms with Gasteiger partial charge < -0.3 is 0 Å². The van der Waals surface area contributed by atoms with Gasteiger partial charge in [-0.25, -0.2) is 0 Å². The van der Waals surface area contributed by atoms with Gasteiger partial charge >= 0.3 is 6.18 Å². The molecule has 1 aliphatic rings. The number of rotatable bonds is 0. The molecule has 0 bridgehead atoms. The van der Waals surface area contributed by atoms with E-state index in [9.17, 15) is 13.2 Å². The Kier molecular flexibility index (Phi) is 1.83. The van der Waals surface area contributed by atoms with Crippen LogP contribution in [0.1, 0.15) is 6.42 Å². The zero-order valence-corrected chi connectivity index (χ0v) is 5.15. The molecule has 3 heteroatoms. The van der Waals surface area contributed by atoms with Gasteiger partial charge in [0.15, 0.2) is 0 Å². The van der Waals surface area contributed by atoms with Gasteiger partial charge in [0.25, 0.3) is 0 Å². The minimum Gasteiger partial charge on any atom is -0.166 e. The molecule has 0 N–H and O–H groups in total. The van der Waals surface area contributed by atoms with Crippen LogP contribution in [-0.2, 0) is 0 Å². The third-order valence-electron chi connectivity index (χ3n) is 1.19. The molecular formula is C7H6F3. The third-order valence-corrected chi connectivity index (χ3v) is 1.19. The molecule has 10 heavy (non-hydrogen) atoms. The van der Waals surface area contributed by atoms with Crippen LogP contribution in [0, 0.1) is 6.42 Å². The smallest absolute Gasteiger partial charge is 0.166 e. The molecule has 0 atom stereocenters. The number of alkyl halides is 3. The minimum absolute atomic E-state index is 0.571. The van der Waals surface area contributed by atoms with Crippen LogP contribution >= 0.6 is 0 Å². The SMILES string of the molecule is FC(F)(F)C1=C[CH]CC=C1. The molecule has 0 aromatic heterocycles. The molecule has 1 radical (unpaired) electrons. The molecule has 0 spiro atoms. The minimum atomic E-state index is -4.19. The highest BCUT2D eigenvalue weighted by Crippen LogP contribution is 2.28. The molecule has 0 aromatic rings. The van der Waals surface area contributed by atoms with Crippen LogP contribution in [0.4, 0.5) is 13.2 Å². The number of halogens is 3. The van der Waals surface area contributed by atoms with E-state index in [0.717, 1.165) is 12.2 Å². The van der Waals surface area contributed by atoms with E-state index in [1.807, 2.05) is 0 Å². The van der Waals surface area contributed by atoms with Crippen molar-refractivity contribution in [3.05, 3.63) is 30.2 Å². The highest BCUT2D eigenvalue weighted by atomic mass is 19.4. The number of hydrogen-bond acceptors (Lipinski definition) is 0. The summed E-state index contributed by atoms with van der Waals surface area (Å²) in [5.41, 5.74) is -0.571. The Balaban J connectivity index is 2.73. The fourth-order valence-corrected chi connectivity index (χ4v) is 0.713. The van der Waals surface area contributed by atoms with Crippen molar-refractivity contribution in [2.75, 3.05) is 0 Å². The highest BCUT2D eigenvalue weighted by molar-refractivity contribution is 5.30. The standard InChI is InChI=1S/C7H6F3/c8-7(9,10)6-4-2-1-3-5-6/h2-5H,1H2. The summed E-state index contributed by atoms with van der Waals surface area (Å²) in [6, 6.07) is 0. The van der Waals surface area contributed by atoms with E-state index in [1.165, 1.54) is 12.5 Å². The molecule has 0 heterocycles. The van der Waals surface area contributed by atoms with E-state index in [-0.39, 0.29) is 0 Å². The molecule has 1 rings (SSSR count). The van der Waals surface area contributed by atoms with E-state index >= 15 is 0 Å². The summed E-state index contributed by atoms with van der Waals surface area (Å²) in [6.45, 7) is 0. The lowest BCUT2D eigenvalue weighted by Crippen LogP contribution is -2.10.